The molecule has 0 saturated heterocycles. The van der Waals surface area contributed by atoms with Crippen LogP contribution in [0, 0.1) is 30.6 Å². The number of nitrogen functional groups attached to an aromatic ring is 1. The van der Waals surface area contributed by atoms with Crippen molar-refractivity contribution >= 4 is 11.9 Å². The minimum Gasteiger partial charge on any atom is -0.368 e. The predicted molar refractivity (Wildman–Crippen MR) is 106 cm³/mol. The van der Waals surface area contributed by atoms with Gasteiger partial charge < -0.3 is 11.1 Å². The number of amides is 1. The first-order valence-electron chi connectivity index (χ1n) is 9.76. The summed E-state index contributed by atoms with van der Waals surface area (Å²) >= 11 is 0. The van der Waals surface area contributed by atoms with E-state index in [9.17, 15) is 18.0 Å². The number of hydrogen-bond acceptors (Lipinski definition) is 4. The molecule has 3 N–H and O–H groups in total. The van der Waals surface area contributed by atoms with Gasteiger partial charge >= 0.3 is 0 Å². The molecule has 156 valence electrons. The van der Waals surface area contributed by atoms with Crippen LogP contribution in [-0.4, -0.2) is 34.0 Å². The second kappa shape index (κ2) is 7.63. The average molecular weight is 414 g/mol. The van der Waals surface area contributed by atoms with Gasteiger partial charge in [0.05, 0.1) is 5.56 Å². The molecule has 1 aromatic carbocycles. The lowest BCUT2D eigenvalue weighted by Gasteiger charge is -2.18. The Kier molecular flexibility index (Phi) is 5.14. The van der Waals surface area contributed by atoms with Crippen LogP contribution >= 0.6 is 0 Å². The van der Waals surface area contributed by atoms with Crippen molar-refractivity contribution in [2.45, 2.75) is 44.3 Å². The summed E-state index contributed by atoms with van der Waals surface area (Å²) in [5, 5.41) is 2.87. The molecule has 5 nitrogen and oxygen atoms in total. The van der Waals surface area contributed by atoms with Gasteiger partial charge in [-0.15, -0.1) is 0 Å². The summed E-state index contributed by atoms with van der Waals surface area (Å²) < 4.78 is 41.0. The molecule has 2 aromatic rings. The molecular weight excluding hydrogens is 393 g/mol. The second-order valence-electron chi connectivity index (χ2n) is 8.04. The summed E-state index contributed by atoms with van der Waals surface area (Å²) in [6.07, 6.45) is 1.08. The highest BCUT2D eigenvalue weighted by Crippen LogP contribution is 2.52. The largest absolute Gasteiger partial charge is 0.368 e. The summed E-state index contributed by atoms with van der Waals surface area (Å²) in [7, 11) is 0. The number of hydrogen-bond donors (Lipinski definition) is 2. The minimum absolute atomic E-state index is 0.161. The van der Waals surface area contributed by atoms with E-state index in [1.807, 2.05) is 6.92 Å². The van der Waals surface area contributed by atoms with Crippen LogP contribution in [0.25, 0.3) is 0 Å². The van der Waals surface area contributed by atoms with Crippen LogP contribution in [0.15, 0.2) is 30.6 Å². The number of carbonyl (C=O) groups is 1. The van der Waals surface area contributed by atoms with E-state index in [1.54, 1.807) is 18.2 Å². The molecule has 0 aliphatic heterocycles. The molecule has 2 fully saturated rings. The van der Waals surface area contributed by atoms with Crippen LogP contribution in [-0.2, 0) is 0 Å². The number of anilines is 1. The summed E-state index contributed by atoms with van der Waals surface area (Å²) in [5.41, 5.74) is 8.03. The molecule has 0 unspecified atom stereocenters. The Morgan fingerprint density at radius 1 is 1.23 bits per heavy atom. The average Bonchev–Trinajstić information content (AvgIpc) is 3.17. The zero-order valence-corrected chi connectivity index (χ0v) is 16.3. The van der Waals surface area contributed by atoms with E-state index < -0.39 is 24.4 Å². The predicted octanol–water partition coefficient (Wildman–Crippen LogP) is 3.27. The Hall–Kier alpha value is -3.08. The monoisotopic (exact) mass is 414 g/mol. The van der Waals surface area contributed by atoms with Gasteiger partial charge in [0.15, 0.2) is 6.17 Å². The molecule has 0 spiro atoms. The SMILES string of the molecule is Cc1ccc(C(=O)N[C@@H]2C[C@H]3CC(F)(F)[C@H](F)[C@H]3C2)cc1C#Cc1cnc(N)nc1. The smallest absolute Gasteiger partial charge is 0.279 e. The number of halogens is 3. The summed E-state index contributed by atoms with van der Waals surface area (Å²) in [6, 6.07) is 4.85. The van der Waals surface area contributed by atoms with Crippen molar-refractivity contribution < 1.29 is 18.0 Å². The van der Waals surface area contributed by atoms with Gasteiger partial charge in [-0.3, -0.25) is 4.79 Å². The van der Waals surface area contributed by atoms with Gasteiger partial charge in [0.1, 0.15) is 0 Å². The maximum atomic E-state index is 13.9. The second-order valence-corrected chi connectivity index (χ2v) is 8.04. The van der Waals surface area contributed by atoms with E-state index in [4.69, 9.17) is 5.73 Å². The topological polar surface area (TPSA) is 80.9 Å². The molecule has 1 amide bonds. The number of aromatic nitrogens is 2. The lowest BCUT2D eigenvalue weighted by Crippen LogP contribution is -2.35. The Morgan fingerprint density at radius 2 is 1.97 bits per heavy atom. The van der Waals surface area contributed by atoms with E-state index in [-0.39, 0.29) is 30.2 Å². The number of aryl methyl sites for hydroxylation is 1. The number of benzene rings is 1. The number of rotatable bonds is 2. The first kappa shape index (κ1) is 20.2. The lowest BCUT2D eigenvalue weighted by atomic mass is 10.0. The van der Waals surface area contributed by atoms with Crippen LogP contribution < -0.4 is 11.1 Å². The fraction of sp³-hybridized carbons (Fsp3) is 0.409. The summed E-state index contributed by atoms with van der Waals surface area (Å²) in [5.74, 6) is 1.46. The zero-order valence-electron chi connectivity index (χ0n) is 16.3. The molecule has 4 rings (SSSR count). The van der Waals surface area contributed by atoms with Crippen LogP contribution in [0.5, 0.6) is 0 Å². The molecular formula is C22H21F3N4O. The Morgan fingerprint density at radius 3 is 2.67 bits per heavy atom. The normalized spacial score (nSPS) is 26.5. The van der Waals surface area contributed by atoms with Crippen LogP contribution in [0.4, 0.5) is 19.1 Å². The highest BCUT2D eigenvalue weighted by Gasteiger charge is 2.59. The molecule has 0 radical (unpaired) electrons. The van der Waals surface area contributed by atoms with Crippen molar-refractivity contribution in [1.29, 1.82) is 0 Å². The molecule has 2 aliphatic rings. The number of nitrogens with zero attached hydrogens (tertiary/aromatic N) is 2. The lowest BCUT2D eigenvalue weighted by molar-refractivity contribution is -0.0627. The van der Waals surface area contributed by atoms with Crippen molar-refractivity contribution in [3.63, 3.8) is 0 Å². The van der Waals surface area contributed by atoms with Crippen molar-refractivity contribution in [3.8, 4) is 11.8 Å². The van der Waals surface area contributed by atoms with E-state index in [2.05, 4.69) is 27.1 Å². The number of nitrogens with two attached hydrogens (primary N) is 1. The summed E-state index contributed by atoms with van der Waals surface area (Å²) in [4.78, 5) is 20.4. The first-order valence-corrected chi connectivity index (χ1v) is 9.76. The first-order chi connectivity index (χ1) is 14.2. The van der Waals surface area contributed by atoms with Gasteiger partial charge in [-0.25, -0.2) is 23.1 Å². The van der Waals surface area contributed by atoms with Crippen LogP contribution in [0.2, 0.25) is 0 Å². The van der Waals surface area contributed by atoms with Gasteiger partial charge in [-0.05, 0) is 43.4 Å². The maximum Gasteiger partial charge on any atom is 0.279 e. The third-order valence-electron chi connectivity index (χ3n) is 5.91. The third-order valence-corrected chi connectivity index (χ3v) is 5.91. The molecule has 2 saturated carbocycles. The Bertz CT molecular complexity index is 1030. The van der Waals surface area contributed by atoms with E-state index in [0.717, 1.165) is 5.56 Å². The van der Waals surface area contributed by atoms with Crippen LogP contribution in [0.1, 0.15) is 46.3 Å². The maximum absolute atomic E-state index is 13.9. The molecule has 2 aliphatic carbocycles. The standard InChI is InChI=1S/C22H21F3N4O/c1-12-2-4-15(6-14(12)5-3-13-10-27-21(26)28-11-13)20(30)29-17-7-16-9-22(24,25)19(23)18(16)8-17/h2,4,6,10-11,16-19H,7-9H2,1H3,(H,29,30)(H2,26,27,28)/t16-,17+,18-,19+/m0/s1. The van der Waals surface area contributed by atoms with Crippen LogP contribution in [0.3, 0.4) is 0 Å². The van der Waals surface area contributed by atoms with E-state index in [1.165, 1.54) is 12.4 Å². The quantitative estimate of drug-likeness (QED) is 0.740. The molecule has 30 heavy (non-hydrogen) atoms. The van der Waals surface area contributed by atoms with Gasteiger partial charge in [0, 0.05) is 41.9 Å². The zero-order chi connectivity index (χ0) is 21.5. The fourth-order valence-corrected chi connectivity index (χ4v) is 4.35. The van der Waals surface area contributed by atoms with E-state index in [0.29, 0.717) is 23.1 Å². The highest BCUT2D eigenvalue weighted by atomic mass is 19.3. The Labute approximate surface area is 172 Å². The number of alkyl halides is 3. The van der Waals surface area contributed by atoms with Gasteiger partial charge in [0.25, 0.3) is 11.8 Å². The van der Waals surface area contributed by atoms with Crippen molar-refractivity contribution in [2.75, 3.05) is 5.73 Å². The van der Waals surface area contributed by atoms with Gasteiger partial charge in [-0.1, -0.05) is 17.9 Å². The molecule has 4 atom stereocenters. The van der Waals surface area contributed by atoms with E-state index >= 15 is 0 Å². The number of carbonyl (C=O) groups excluding carboxylic acids is 1. The highest BCUT2D eigenvalue weighted by molar-refractivity contribution is 5.95. The van der Waals surface area contributed by atoms with Crippen molar-refractivity contribution in [2.24, 2.45) is 11.8 Å². The molecule has 1 heterocycles. The van der Waals surface area contributed by atoms with Crippen molar-refractivity contribution in [3.05, 3.63) is 52.8 Å². The fourth-order valence-electron chi connectivity index (χ4n) is 4.35. The third kappa shape index (κ3) is 3.97. The number of fused-ring (bicyclic) bond motifs is 1. The van der Waals surface area contributed by atoms with Gasteiger partial charge in [-0.2, -0.15) is 0 Å². The molecule has 0 bridgehead atoms. The van der Waals surface area contributed by atoms with Gasteiger partial charge in [0.2, 0.25) is 5.95 Å². The van der Waals surface area contributed by atoms with Crippen molar-refractivity contribution in [1.82, 2.24) is 15.3 Å². The number of nitrogens with one attached hydrogen (secondary N) is 1. The Balaban J connectivity index is 1.44. The minimum atomic E-state index is -3.25. The summed E-state index contributed by atoms with van der Waals surface area (Å²) in [6.45, 7) is 1.88. The molecule has 1 aromatic heterocycles. The molecule has 8 heteroatoms.